The number of aromatic nitrogens is 1. The number of aryl methyl sites for hydroxylation is 3. The number of sulfonamides is 1. The molecule has 0 spiro atoms. The number of nitrogens with one attached hydrogen (secondary N) is 2. The van der Waals surface area contributed by atoms with Crippen LogP contribution in [0.3, 0.4) is 0 Å². The first-order chi connectivity index (χ1) is 15.7. The van der Waals surface area contributed by atoms with Gasteiger partial charge in [0.2, 0.25) is 0 Å². The molecule has 3 aromatic carbocycles. The molecule has 1 heterocycles. The molecular formula is C25H23N3O3S2. The number of benzene rings is 3. The van der Waals surface area contributed by atoms with Crippen LogP contribution in [0.2, 0.25) is 0 Å². The van der Waals surface area contributed by atoms with Crippen molar-refractivity contribution in [1.29, 1.82) is 0 Å². The Morgan fingerprint density at radius 1 is 0.909 bits per heavy atom. The standard InChI is InChI=1S/C25H23N3O3S2/c1-16-8-11-19(12-9-16)33(30,31)28-22-7-5-4-6-21(22)24(29)27-25-26-23(15-32-25)20-13-10-17(2)14-18(20)3/h4-15,28H,1-3H3,(H,26,27,29). The average molecular weight is 478 g/mol. The van der Waals surface area contributed by atoms with E-state index < -0.39 is 15.9 Å². The van der Waals surface area contributed by atoms with E-state index in [1.807, 2.05) is 38.3 Å². The van der Waals surface area contributed by atoms with Gasteiger partial charge in [0.05, 0.1) is 21.8 Å². The molecule has 0 aliphatic rings. The Labute approximate surface area is 197 Å². The highest BCUT2D eigenvalue weighted by molar-refractivity contribution is 7.92. The Kier molecular flexibility index (Phi) is 6.31. The van der Waals surface area contributed by atoms with Gasteiger partial charge in [-0.15, -0.1) is 11.3 Å². The van der Waals surface area contributed by atoms with Crippen molar-refractivity contribution >= 4 is 38.1 Å². The molecule has 0 saturated heterocycles. The third-order valence-corrected chi connectivity index (χ3v) is 7.27. The van der Waals surface area contributed by atoms with Crippen LogP contribution in [0.1, 0.15) is 27.0 Å². The molecule has 2 N–H and O–H groups in total. The topological polar surface area (TPSA) is 88.2 Å². The number of nitrogens with zero attached hydrogens (tertiary/aromatic N) is 1. The first-order valence-corrected chi connectivity index (χ1v) is 12.6. The second-order valence-electron chi connectivity index (χ2n) is 7.77. The minimum absolute atomic E-state index is 0.126. The van der Waals surface area contributed by atoms with Gasteiger partial charge in [0.15, 0.2) is 5.13 Å². The summed E-state index contributed by atoms with van der Waals surface area (Å²) < 4.78 is 28.1. The Hall–Kier alpha value is -3.49. The highest BCUT2D eigenvalue weighted by Crippen LogP contribution is 2.29. The zero-order valence-corrected chi connectivity index (χ0v) is 20.0. The Balaban J connectivity index is 1.55. The first-order valence-electron chi connectivity index (χ1n) is 10.3. The lowest BCUT2D eigenvalue weighted by atomic mass is 10.0. The molecule has 4 rings (SSSR count). The molecule has 6 nitrogen and oxygen atoms in total. The van der Waals surface area contributed by atoms with Gasteiger partial charge in [-0.25, -0.2) is 13.4 Å². The van der Waals surface area contributed by atoms with Crippen molar-refractivity contribution < 1.29 is 13.2 Å². The predicted molar refractivity (Wildman–Crippen MR) is 133 cm³/mol. The predicted octanol–water partition coefficient (Wildman–Crippen LogP) is 5.79. The zero-order chi connectivity index (χ0) is 23.6. The van der Waals surface area contributed by atoms with Crippen LogP contribution in [0, 0.1) is 20.8 Å². The minimum Gasteiger partial charge on any atom is -0.298 e. The van der Waals surface area contributed by atoms with Crippen molar-refractivity contribution in [2.45, 2.75) is 25.7 Å². The molecular weight excluding hydrogens is 454 g/mol. The quantitative estimate of drug-likeness (QED) is 0.368. The molecule has 168 valence electrons. The van der Waals surface area contributed by atoms with E-state index in [-0.39, 0.29) is 16.1 Å². The number of carbonyl (C=O) groups is 1. The molecule has 0 aliphatic carbocycles. The number of hydrogen-bond donors (Lipinski definition) is 2. The van der Waals surface area contributed by atoms with E-state index >= 15 is 0 Å². The van der Waals surface area contributed by atoms with Gasteiger partial charge in [-0.3, -0.25) is 14.8 Å². The third kappa shape index (κ3) is 5.13. The average Bonchev–Trinajstić information content (AvgIpc) is 3.22. The van der Waals surface area contributed by atoms with Crippen LogP contribution >= 0.6 is 11.3 Å². The van der Waals surface area contributed by atoms with Crippen molar-refractivity contribution in [3.8, 4) is 11.3 Å². The number of hydrogen-bond acceptors (Lipinski definition) is 5. The fourth-order valence-corrected chi connectivity index (χ4v) is 5.20. The molecule has 8 heteroatoms. The molecule has 0 radical (unpaired) electrons. The molecule has 0 unspecified atom stereocenters. The SMILES string of the molecule is Cc1ccc(S(=O)(=O)Nc2ccccc2C(=O)Nc2nc(-c3ccc(C)cc3C)cs2)cc1. The molecule has 33 heavy (non-hydrogen) atoms. The maximum Gasteiger partial charge on any atom is 0.261 e. The largest absolute Gasteiger partial charge is 0.298 e. The van der Waals surface area contributed by atoms with E-state index in [9.17, 15) is 13.2 Å². The number of thiazole rings is 1. The summed E-state index contributed by atoms with van der Waals surface area (Å²) in [6.45, 7) is 5.94. The van der Waals surface area contributed by atoms with Gasteiger partial charge < -0.3 is 0 Å². The van der Waals surface area contributed by atoms with Crippen molar-refractivity contribution in [3.05, 3.63) is 94.4 Å². The van der Waals surface area contributed by atoms with Crippen molar-refractivity contribution in [2.75, 3.05) is 10.0 Å². The van der Waals surface area contributed by atoms with Crippen LogP contribution in [-0.2, 0) is 10.0 Å². The van der Waals surface area contributed by atoms with E-state index in [4.69, 9.17) is 0 Å². The van der Waals surface area contributed by atoms with Gasteiger partial charge in [-0.05, 0) is 50.6 Å². The number of anilines is 2. The van der Waals surface area contributed by atoms with Crippen LogP contribution < -0.4 is 10.0 Å². The fraction of sp³-hybridized carbons (Fsp3) is 0.120. The smallest absolute Gasteiger partial charge is 0.261 e. The van der Waals surface area contributed by atoms with Gasteiger partial charge in [-0.2, -0.15) is 0 Å². The molecule has 4 aromatic rings. The maximum atomic E-state index is 13.0. The van der Waals surface area contributed by atoms with Gasteiger partial charge in [0.1, 0.15) is 0 Å². The number of amides is 1. The molecule has 0 atom stereocenters. The molecule has 0 saturated carbocycles. The Bertz CT molecular complexity index is 1430. The van der Waals surface area contributed by atoms with Gasteiger partial charge in [0, 0.05) is 10.9 Å². The lowest BCUT2D eigenvalue weighted by molar-refractivity contribution is 0.102. The highest BCUT2D eigenvalue weighted by Gasteiger charge is 2.19. The summed E-state index contributed by atoms with van der Waals surface area (Å²) >= 11 is 1.32. The third-order valence-electron chi connectivity index (χ3n) is 5.13. The highest BCUT2D eigenvalue weighted by atomic mass is 32.2. The second kappa shape index (κ2) is 9.17. The maximum absolute atomic E-state index is 13.0. The number of para-hydroxylation sites is 1. The number of rotatable bonds is 6. The van der Waals surface area contributed by atoms with Crippen LogP contribution in [0.25, 0.3) is 11.3 Å². The summed E-state index contributed by atoms with van der Waals surface area (Å²) in [5.41, 5.74) is 5.42. The molecule has 1 amide bonds. The fourth-order valence-electron chi connectivity index (χ4n) is 3.41. The summed E-state index contributed by atoms with van der Waals surface area (Å²) in [4.78, 5) is 17.7. The van der Waals surface area contributed by atoms with Gasteiger partial charge in [-0.1, -0.05) is 53.6 Å². The lowest BCUT2D eigenvalue weighted by Gasteiger charge is -2.12. The minimum atomic E-state index is -3.84. The van der Waals surface area contributed by atoms with E-state index in [1.165, 1.54) is 29.0 Å². The molecule has 0 aliphatic heterocycles. The van der Waals surface area contributed by atoms with Crippen molar-refractivity contribution in [2.24, 2.45) is 0 Å². The second-order valence-corrected chi connectivity index (χ2v) is 10.3. The van der Waals surface area contributed by atoms with Crippen LogP contribution in [-0.4, -0.2) is 19.3 Å². The van der Waals surface area contributed by atoms with E-state index in [0.717, 1.165) is 22.4 Å². The first kappa shape index (κ1) is 22.7. The molecule has 0 bridgehead atoms. The summed E-state index contributed by atoms with van der Waals surface area (Å²) in [6, 6.07) is 19.1. The molecule has 0 fully saturated rings. The summed E-state index contributed by atoms with van der Waals surface area (Å²) in [7, 11) is -3.84. The number of carbonyl (C=O) groups excluding carboxylic acids is 1. The van der Waals surface area contributed by atoms with E-state index in [0.29, 0.717) is 5.13 Å². The monoisotopic (exact) mass is 477 g/mol. The van der Waals surface area contributed by atoms with Crippen molar-refractivity contribution in [3.63, 3.8) is 0 Å². The summed E-state index contributed by atoms with van der Waals surface area (Å²) in [5, 5.41) is 5.11. The zero-order valence-electron chi connectivity index (χ0n) is 18.4. The van der Waals surface area contributed by atoms with Gasteiger partial charge in [0.25, 0.3) is 15.9 Å². The van der Waals surface area contributed by atoms with E-state index in [1.54, 1.807) is 36.4 Å². The van der Waals surface area contributed by atoms with Crippen LogP contribution in [0.4, 0.5) is 10.8 Å². The summed E-state index contributed by atoms with van der Waals surface area (Å²) in [6.07, 6.45) is 0. The lowest BCUT2D eigenvalue weighted by Crippen LogP contribution is -2.18. The van der Waals surface area contributed by atoms with Crippen LogP contribution in [0.5, 0.6) is 0 Å². The Morgan fingerprint density at radius 3 is 2.33 bits per heavy atom. The van der Waals surface area contributed by atoms with E-state index in [2.05, 4.69) is 21.1 Å². The normalized spacial score (nSPS) is 11.2. The van der Waals surface area contributed by atoms with Gasteiger partial charge >= 0.3 is 0 Å². The summed E-state index contributed by atoms with van der Waals surface area (Å²) in [5.74, 6) is -0.446. The van der Waals surface area contributed by atoms with Crippen LogP contribution in [0.15, 0.2) is 77.0 Å². The van der Waals surface area contributed by atoms with Crippen molar-refractivity contribution in [1.82, 2.24) is 4.98 Å². The Morgan fingerprint density at radius 2 is 1.61 bits per heavy atom. The molecule has 1 aromatic heterocycles.